The van der Waals surface area contributed by atoms with E-state index in [0.717, 1.165) is 45.6 Å². The summed E-state index contributed by atoms with van der Waals surface area (Å²) in [7, 11) is 6.76. The van der Waals surface area contributed by atoms with E-state index in [1.165, 1.54) is 0 Å². The van der Waals surface area contributed by atoms with Gasteiger partial charge in [-0.3, -0.25) is 0 Å². The van der Waals surface area contributed by atoms with Crippen molar-refractivity contribution in [2.24, 2.45) is 0 Å². The summed E-state index contributed by atoms with van der Waals surface area (Å²) in [6.07, 6.45) is 1.85. The predicted octanol–water partition coefficient (Wildman–Crippen LogP) is 0.813. The van der Waals surface area contributed by atoms with Crippen LogP contribution in [0.3, 0.4) is 0 Å². The molecule has 0 aromatic carbocycles. The first kappa shape index (κ1) is 17.1. The van der Waals surface area contributed by atoms with Crippen LogP contribution in [0.2, 0.25) is 0 Å². The van der Waals surface area contributed by atoms with Crippen LogP contribution in [-0.2, 0) is 9.47 Å². The lowest BCUT2D eigenvalue weighted by Gasteiger charge is -2.26. The molecule has 4 nitrogen and oxygen atoms in total. The number of hydrogen-bond donors (Lipinski definition) is 1. The third-order valence-electron chi connectivity index (χ3n) is 3.02. The second-order valence-corrected chi connectivity index (χ2v) is 4.80. The first-order chi connectivity index (χ1) is 8.11. The van der Waals surface area contributed by atoms with Crippen LogP contribution >= 0.6 is 0 Å². The topological polar surface area (TPSA) is 33.7 Å². The average Bonchev–Trinajstić information content (AvgIpc) is 2.37. The number of nitrogens with zero attached hydrogens (tertiary/aromatic N) is 1. The summed E-state index contributed by atoms with van der Waals surface area (Å²) in [4.78, 5) is 2.41. The lowest BCUT2D eigenvalue weighted by atomic mass is 10.3. The van der Waals surface area contributed by atoms with Gasteiger partial charge in [-0.15, -0.1) is 0 Å². The third-order valence-corrected chi connectivity index (χ3v) is 3.68. The van der Waals surface area contributed by atoms with Crippen LogP contribution in [0.1, 0.15) is 26.7 Å². The highest BCUT2D eigenvalue weighted by atomic mass is 28.1. The first-order valence-corrected chi connectivity index (χ1v) is 6.90. The quantitative estimate of drug-likeness (QED) is 0.338. The van der Waals surface area contributed by atoms with Crippen LogP contribution < -0.4 is 5.32 Å². The summed E-state index contributed by atoms with van der Waals surface area (Å²) >= 11 is 0. The van der Waals surface area contributed by atoms with Gasteiger partial charge in [-0.2, -0.15) is 0 Å². The molecule has 5 heteroatoms. The Morgan fingerprint density at radius 1 is 1.12 bits per heavy atom. The van der Waals surface area contributed by atoms with Gasteiger partial charge in [-0.1, -0.05) is 13.8 Å². The number of ether oxygens (including phenoxy) is 2. The van der Waals surface area contributed by atoms with Crippen molar-refractivity contribution in [3.8, 4) is 0 Å². The Balaban J connectivity index is 3.46. The van der Waals surface area contributed by atoms with Crippen molar-refractivity contribution >= 4 is 10.2 Å². The third kappa shape index (κ3) is 7.89. The molecule has 1 N–H and O–H groups in total. The van der Waals surface area contributed by atoms with Crippen molar-refractivity contribution in [2.45, 2.75) is 32.1 Å². The van der Waals surface area contributed by atoms with E-state index in [0.29, 0.717) is 0 Å². The lowest BCUT2D eigenvalue weighted by molar-refractivity contribution is -0.146. The van der Waals surface area contributed by atoms with Crippen molar-refractivity contribution in [2.75, 3.05) is 46.9 Å². The molecule has 0 saturated heterocycles. The fourth-order valence-corrected chi connectivity index (χ4v) is 1.81. The van der Waals surface area contributed by atoms with Crippen molar-refractivity contribution < 1.29 is 9.47 Å². The lowest BCUT2D eigenvalue weighted by Crippen LogP contribution is -2.36. The van der Waals surface area contributed by atoms with Crippen LogP contribution in [-0.4, -0.2) is 67.5 Å². The van der Waals surface area contributed by atoms with Gasteiger partial charge in [-0.05, 0) is 32.5 Å². The van der Waals surface area contributed by atoms with Gasteiger partial charge < -0.3 is 19.7 Å². The Morgan fingerprint density at radius 3 is 2.18 bits per heavy atom. The Bertz CT molecular complexity index is 174. The summed E-state index contributed by atoms with van der Waals surface area (Å²) < 4.78 is 10.4. The maximum Gasteiger partial charge on any atom is 0.143 e. The Labute approximate surface area is 109 Å². The number of methoxy groups -OCH3 is 2. The minimum Gasteiger partial charge on any atom is -0.358 e. The van der Waals surface area contributed by atoms with Gasteiger partial charge in [0, 0.05) is 27.3 Å². The zero-order valence-corrected chi connectivity index (χ0v) is 12.7. The molecule has 0 saturated carbocycles. The summed E-state index contributed by atoms with van der Waals surface area (Å²) in [6.45, 7) is 9.77. The van der Waals surface area contributed by atoms with Crippen molar-refractivity contribution in [3.63, 3.8) is 0 Å². The van der Waals surface area contributed by atoms with Gasteiger partial charge in [0.05, 0.1) is 0 Å². The Kier molecular flexibility index (Phi) is 10.1. The summed E-state index contributed by atoms with van der Waals surface area (Å²) in [5.74, 6) is 0. The molecule has 0 aliphatic heterocycles. The number of nitrogens with one attached hydrogen (secondary N) is 1. The molecule has 0 amide bonds. The van der Waals surface area contributed by atoms with E-state index in [9.17, 15) is 0 Å². The van der Waals surface area contributed by atoms with E-state index in [1.54, 1.807) is 14.2 Å². The van der Waals surface area contributed by atoms with Gasteiger partial charge in [0.25, 0.3) is 0 Å². The first-order valence-electron chi connectivity index (χ1n) is 6.40. The highest BCUT2D eigenvalue weighted by Crippen LogP contribution is 2.12. The van der Waals surface area contributed by atoms with Gasteiger partial charge in [-0.25, -0.2) is 0 Å². The Hall–Kier alpha value is 0.0569. The molecule has 17 heavy (non-hydrogen) atoms. The number of hydrogen-bond acceptors (Lipinski definition) is 4. The fourth-order valence-electron chi connectivity index (χ4n) is 1.64. The molecule has 0 bridgehead atoms. The minimum absolute atomic E-state index is 0.624. The van der Waals surface area contributed by atoms with Crippen LogP contribution in [0.15, 0.2) is 0 Å². The number of likely N-dealkylation sites (N-methyl/N-ethyl adjacent to an activating group) is 1. The highest BCUT2D eigenvalue weighted by Gasteiger charge is 2.21. The molecular weight excluding hydrogens is 232 g/mol. The predicted molar refractivity (Wildman–Crippen MR) is 72.4 cm³/mol. The zero-order chi connectivity index (χ0) is 13.1. The van der Waals surface area contributed by atoms with E-state index >= 15 is 0 Å². The van der Waals surface area contributed by atoms with Crippen LogP contribution in [0.25, 0.3) is 0 Å². The molecule has 0 heterocycles. The van der Waals surface area contributed by atoms with E-state index < -0.39 is 5.41 Å². The summed E-state index contributed by atoms with van der Waals surface area (Å²) in [5.41, 5.74) is -0.624. The smallest absolute Gasteiger partial charge is 0.143 e. The van der Waals surface area contributed by atoms with E-state index in [4.69, 9.17) is 9.47 Å². The largest absolute Gasteiger partial charge is 0.358 e. The van der Waals surface area contributed by atoms with Crippen molar-refractivity contribution in [3.05, 3.63) is 0 Å². The molecule has 0 aromatic heterocycles. The molecular formula is C12H27N2O2Si. The SMILES string of the molecule is CCN(CC)CCNCCCC([Si])(OC)OC. The molecule has 0 atom stereocenters. The standard InChI is InChI=1S/C12H27N2O2Si/c1-5-14(6-2)11-10-13-9-7-8-12(17,15-3)16-4/h13H,5-11H2,1-4H3. The molecule has 0 fully saturated rings. The second kappa shape index (κ2) is 10.0. The Morgan fingerprint density at radius 2 is 1.71 bits per heavy atom. The van der Waals surface area contributed by atoms with E-state index in [2.05, 4.69) is 34.3 Å². The van der Waals surface area contributed by atoms with Gasteiger partial charge in [0.2, 0.25) is 0 Å². The minimum atomic E-state index is -0.624. The van der Waals surface area contributed by atoms with Gasteiger partial charge >= 0.3 is 0 Å². The second-order valence-electron chi connectivity index (χ2n) is 4.04. The average molecular weight is 259 g/mol. The molecule has 0 unspecified atom stereocenters. The van der Waals surface area contributed by atoms with E-state index in [-0.39, 0.29) is 0 Å². The normalized spacial score (nSPS) is 12.4. The van der Waals surface area contributed by atoms with E-state index in [1.807, 2.05) is 0 Å². The van der Waals surface area contributed by atoms with Crippen LogP contribution in [0.4, 0.5) is 0 Å². The van der Waals surface area contributed by atoms with Crippen LogP contribution in [0, 0.1) is 0 Å². The maximum absolute atomic E-state index is 5.22. The van der Waals surface area contributed by atoms with Crippen molar-refractivity contribution in [1.29, 1.82) is 0 Å². The maximum atomic E-state index is 5.22. The van der Waals surface area contributed by atoms with Crippen LogP contribution in [0.5, 0.6) is 0 Å². The molecule has 3 radical (unpaired) electrons. The summed E-state index contributed by atoms with van der Waals surface area (Å²) in [5, 5.41) is 3.43. The molecule has 0 aromatic rings. The van der Waals surface area contributed by atoms with Gasteiger partial charge in [0.15, 0.2) is 0 Å². The number of rotatable bonds is 11. The molecule has 0 aliphatic carbocycles. The summed E-state index contributed by atoms with van der Waals surface area (Å²) in [6, 6.07) is 0. The molecule has 0 aliphatic rings. The molecule has 0 spiro atoms. The van der Waals surface area contributed by atoms with Crippen molar-refractivity contribution in [1.82, 2.24) is 10.2 Å². The molecule has 0 rings (SSSR count). The van der Waals surface area contributed by atoms with Gasteiger partial charge in [0.1, 0.15) is 15.7 Å². The highest BCUT2D eigenvalue weighted by molar-refractivity contribution is 6.13. The molecule has 101 valence electrons. The monoisotopic (exact) mass is 259 g/mol. The zero-order valence-electron chi connectivity index (χ0n) is 11.7. The fraction of sp³-hybridized carbons (Fsp3) is 1.00.